The van der Waals surface area contributed by atoms with Gasteiger partial charge in [-0.2, -0.15) is 0 Å². The summed E-state index contributed by atoms with van der Waals surface area (Å²) in [5.41, 5.74) is 1.70. The van der Waals surface area contributed by atoms with Crippen LogP contribution in [0.5, 0.6) is 0 Å². The van der Waals surface area contributed by atoms with Crippen molar-refractivity contribution in [2.75, 3.05) is 4.90 Å². The number of Topliss-reactive ketones (excluding diaryl/α,β-unsaturated/α-hetero) is 1. The quantitative estimate of drug-likeness (QED) is 0.253. The van der Waals surface area contributed by atoms with Gasteiger partial charge in [0.1, 0.15) is 5.76 Å². The lowest BCUT2D eigenvalue weighted by molar-refractivity contribution is -0.132. The van der Waals surface area contributed by atoms with Gasteiger partial charge in [0.05, 0.1) is 21.8 Å². The molecule has 1 atom stereocenters. The molecule has 5 nitrogen and oxygen atoms in total. The standard InChI is InChI=1S/C24H15ClN2O3S/c25-16-11-5-4-10-15(16)20-19(21(28)14-8-2-1-3-9-14)22(29)23(30)27(20)24-26-17-12-6-7-13-18(17)31-24/h1-13,20,28H/b21-19-. The number of halogens is 1. The van der Waals surface area contributed by atoms with Gasteiger partial charge in [-0.05, 0) is 23.8 Å². The molecule has 1 aliphatic rings. The highest BCUT2D eigenvalue weighted by atomic mass is 35.5. The molecule has 1 N–H and O–H groups in total. The van der Waals surface area contributed by atoms with Crippen molar-refractivity contribution in [2.24, 2.45) is 0 Å². The van der Waals surface area contributed by atoms with E-state index in [9.17, 15) is 14.7 Å². The molecule has 0 aliphatic carbocycles. The number of fused-ring (bicyclic) bond motifs is 1. The summed E-state index contributed by atoms with van der Waals surface area (Å²) in [5.74, 6) is -1.76. The van der Waals surface area contributed by atoms with Crippen molar-refractivity contribution in [1.29, 1.82) is 0 Å². The summed E-state index contributed by atoms with van der Waals surface area (Å²) in [5, 5.41) is 11.8. The number of amides is 1. The van der Waals surface area contributed by atoms with Crippen LogP contribution in [0.15, 0.2) is 84.4 Å². The number of carbonyl (C=O) groups is 2. The summed E-state index contributed by atoms with van der Waals surface area (Å²) < 4.78 is 0.889. The van der Waals surface area contributed by atoms with Crippen molar-refractivity contribution in [2.45, 2.75) is 6.04 Å². The molecule has 2 heterocycles. The van der Waals surface area contributed by atoms with Crippen LogP contribution in [0.1, 0.15) is 17.2 Å². The smallest absolute Gasteiger partial charge is 0.301 e. The van der Waals surface area contributed by atoms with Gasteiger partial charge in [0.2, 0.25) is 0 Å². The first-order chi connectivity index (χ1) is 15.1. The Labute approximate surface area is 186 Å². The molecule has 1 unspecified atom stereocenters. The largest absolute Gasteiger partial charge is 0.507 e. The molecule has 4 aromatic rings. The third-order valence-corrected chi connectivity index (χ3v) is 6.56. The van der Waals surface area contributed by atoms with E-state index in [1.54, 1.807) is 48.5 Å². The maximum Gasteiger partial charge on any atom is 0.301 e. The Kier molecular flexibility index (Phi) is 4.81. The van der Waals surface area contributed by atoms with Crippen LogP contribution >= 0.6 is 22.9 Å². The van der Waals surface area contributed by atoms with E-state index in [2.05, 4.69) is 4.98 Å². The maximum atomic E-state index is 13.2. The van der Waals surface area contributed by atoms with Crippen molar-refractivity contribution in [3.8, 4) is 0 Å². The lowest BCUT2D eigenvalue weighted by atomic mass is 9.95. The highest BCUT2D eigenvalue weighted by Crippen LogP contribution is 2.45. The van der Waals surface area contributed by atoms with Gasteiger partial charge < -0.3 is 5.11 Å². The number of aromatic nitrogens is 1. The number of para-hydroxylation sites is 1. The second-order valence-corrected chi connectivity index (χ2v) is 8.44. The molecule has 0 saturated carbocycles. The number of hydrogen-bond acceptors (Lipinski definition) is 5. The highest BCUT2D eigenvalue weighted by molar-refractivity contribution is 7.22. The lowest BCUT2D eigenvalue weighted by Gasteiger charge is -2.23. The van der Waals surface area contributed by atoms with Gasteiger partial charge in [-0.15, -0.1) is 0 Å². The molecule has 1 aromatic heterocycles. The number of aliphatic hydroxyl groups is 1. The van der Waals surface area contributed by atoms with Gasteiger partial charge in [0, 0.05) is 10.6 Å². The molecule has 3 aromatic carbocycles. The Morgan fingerprint density at radius 2 is 1.61 bits per heavy atom. The number of hydrogen-bond donors (Lipinski definition) is 1. The first kappa shape index (κ1) is 19.5. The molecular formula is C24H15ClN2O3S. The minimum absolute atomic E-state index is 0.0106. The fourth-order valence-electron chi connectivity index (χ4n) is 3.74. The van der Waals surface area contributed by atoms with Crippen molar-refractivity contribution < 1.29 is 14.7 Å². The number of thiazole rings is 1. The Hall–Kier alpha value is -3.48. The van der Waals surface area contributed by atoms with E-state index in [1.807, 2.05) is 30.3 Å². The predicted molar refractivity (Wildman–Crippen MR) is 122 cm³/mol. The van der Waals surface area contributed by atoms with E-state index in [-0.39, 0.29) is 11.3 Å². The first-order valence-corrected chi connectivity index (χ1v) is 10.7. The van der Waals surface area contributed by atoms with Gasteiger partial charge in [-0.25, -0.2) is 4.98 Å². The predicted octanol–water partition coefficient (Wildman–Crippen LogP) is 5.58. The van der Waals surface area contributed by atoms with E-state index < -0.39 is 17.7 Å². The minimum Gasteiger partial charge on any atom is -0.507 e. The molecule has 0 spiro atoms. The molecule has 5 rings (SSSR count). The fraction of sp³-hybridized carbons (Fsp3) is 0.0417. The Balaban J connectivity index is 1.77. The summed E-state index contributed by atoms with van der Waals surface area (Å²) in [6.45, 7) is 0. The second-order valence-electron chi connectivity index (χ2n) is 7.02. The van der Waals surface area contributed by atoms with E-state index in [1.165, 1.54) is 16.2 Å². The summed E-state index contributed by atoms with van der Waals surface area (Å²) >= 11 is 7.79. The van der Waals surface area contributed by atoms with Crippen LogP contribution in [-0.4, -0.2) is 21.8 Å². The maximum absolute atomic E-state index is 13.2. The van der Waals surface area contributed by atoms with Gasteiger partial charge in [0.25, 0.3) is 5.78 Å². The summed E-state index contributed by atoms with van der Waals surface area (Å²) in [7, 11) is 0. The van der Waals surface area contributed by atoms with Crippen LogP contribution in [0.3, 0.4) is 0 Å². The Morgan fingerprint density at radius 1 is 0.935 bits per heavy atom. The molecule has 31 heavy (non-hydrogen) atoms. The van der Waals surface area contributed by atoms with Gasteiger partial charge in [-0.1, -0.05) is 83.6 Å². The number of nitrogens with zero attached hydrogens (tertiary/aromatic N) is 2. The monoisotopic (exact) mass is 446 g/mol. The molecular weight excluding hydrogens is 432 g/mol. The number of rotatable bonds is 3. The second kappa shape index (κ2) is 7.65. The van der Waals surface area contributed by atoms with Crippen molar-refractivity contribution in [1.82, 2.24) is 4.98 Å². The number of carbonyl (C=O) groups excluding carboxylic acids is 2. The summed E-state index contributed by atoms with van der Waals surface area (Å²) in [6, 6.07) is 22.3. The SMILES string of the molecule is O=C1C(=O)N(c2nc3ccccc3s2)C(c2ccccc2Cl)/C1=C(/O)c1ccccc1. The molecule has 1 amide bonds. The summed E-state index contributed by atoms with van der Waals surface area (Å²) in [6.07, 6.45) is 0. The number of aliphatic hydroxyl groups excluding tert-OH is 1. The molecule has 1 saturated heterocycles. The number of benzene rings is 3. The minimum atomic E-state index is -0.894. The van der Waals surface area contributed by atoms with Crippen LogP contribution in [0.25, 0.3) is 16.0 Å². The van der Waals surface area contributed by atoms with Crippen molar-refractivity contribution in [3.05, 3.63) is 101 Å². The Bertz CT molecular complexity index is 1330. The first-order valence-electron chi connectivity index (χ1n) is 9.52. The zero-order chi connectivity index (χ0) is 21.5. The average molecular weight is 447 g/mol. The van der Waals surface area contributed by atoms with Crippen LogP contribution in [0.4, 0.5) is 5.13 Å². The third-order valence-electron chi connectivity index (χ3n) is 5.18. The summed E-state index contributed by atoms with van der Waals surface area (Å²) in [4.78, 5) is 32.2. The molecule has 0 bridgehead atoms. The topological polar surface area (TPSA) is 70.5 Å². The van der Waals surface area contributed by atoms with Crippen LogP contribution in [-0.2, 0) is 9.59 Å². The Morgan fingerprint density at radius 3 is 2.35 bits per heavy atom. The van der Waals surface area contributed by atoms with E-state index in [0.29, 0.717) is 21.3 Å². The zero-order valence-electron chi connectivity index (χ0n) is 16.0. The van der Waals surface area contributed by atoms with Crippen molar-refractivity contribution in [3.63, 3.8) is 0 Å². The third kappa shape index (κ3) is 3.21. The molecule has 1 fully saturated rings. The van der Waals surface area contributed by atoms with Gasteiger partial charge >= 0.3 is 5.91 Å². The zero-order valence-corrected chi connectivity index (χ0v) is 17.6. The van der Waals surface area contributed by atoms with Crippen LogP contribution in [0, 0.1) is 0 Å². The van der Waals surface area contributed by atoms with Gasteiger partial charge in [0.15, 0.2) is 5.13 Å². The molecule has 7 heteroatoms. The highest BCUT2D eigenvalue weighted by Gasteiger charge is 2.48. The molecule has 0 radical (unpaired) electrons. The van der Waals surface area contributed by atoms with E-state index in [4.69, 9.17) is 11.6 Å². The molecule has 1 aliphatic heterocycles. The normalized spacial score (nSPS) is 18.1. The van der Waals surface area contributed by atoms with Crippen molar-refractivity contribution >= 4 is 55.7 Å². The van der Waals surface area contributed by atoms with E-state index in [0.717, 1.165) is 10.2 Å². The average Bonchev–Trinajstić information content (AvgIpc) is 3.33. The van der Waals surface area contributed by atoms with Crippen LogP contribution < -0.4 is 4.90 Å². The lowest BCUT2D eigenvalue weighted by Crippen LogP contribution is -2.29. The van der Waals surface area contributed by atoms with Gasteiger partial charge in [-0.3, -0.25) is 14.5 Å². The van der Waals surface area contributed by atoms with E-state index >= 15 is 0 Å². The molecule has 152 valence electrons. The number of anilines is 1. The fourth-order valence-corrected chi connectivity index (χ4v) is 4.97. The van der Waals surface area contributed by atoms with Crippen LogP contribution in [0.2, 0.25) is 5.02 Å². The number of ketones is 1.